The van der Waals surface area contributed by atoms with Gasteiger partial charge in [-0.25, -0.2) is 4.98 Å². The monoisotopic (exact) mass is 578 g/mol. The van der Waals surface area contributed by atoms with Gasteiger partial charge in [0.05, 0.1) is 23.5 Å². The van der Waals surface area contributed by atoms with Gasteiger partial charge in [-0.15, -0.1) is 12.1 Å². The number of carbonyl (C=O) groups is 1. The third-order valence-electron chi connectivity index (χ3n) is 6.52. The second-order valence-electron chi connectivity index (χ2n) is 9.09. The van der Waals surface area contributed by atoms with Gasteiger partial charge in [-0.3, -0.25) is 4.79 Å². The van der Waals surface area contributed by atoms with Gasteiger partial charge in [0.25, 0.3) is 0 Å². The molecule has 1 aliphatic carbocycles. The topological polar surface area (TPSA) is 53.4 Å². The molecule has 3 aromatic carbocycles. The maximum Gasteiger partial charge on any atom is 0.318 e. The van der Waals surface area contributed by atoms with E-state index in [0.717, 1.165) is 27.9 Å². The average molecular weight is 579 g/mol. The van der Waals surface area contributed by atoms with Gasteiger partial charge in [-0.2, -0.15) is 18.2 Å². The number of aryl methyl sites for hydroxylation is 1. The molecule has 1 radical (unpaired) electrons. The molecule has 5 rings (SSSR count). The normalized spacial score (nSPS) is 16.7. The first-order chi connectivity index (χ1) is 18.1. The van der Waals surface area contributed by atoms with Gasteiger partial charge in [0.1, 0.15) is 18.2 Å². The molecule has 0 N–H and O–H groups in total. The molecule has 0 aliphatic heterocycles. The first-order valence-electron chi connectivity index (χ1n) is 12.5. The molecule has 38 heavy (non-hydrogen) atoms. The Morgan fingerprint density at radius 3 is 2.55 bits per heavy atom. The van der Waals surface area contributed by atoms with Gasteiger partial charge in [0.2, 0.25) is 0 Å². The molecule has 4 aromatic rings. The third kappa shape index (κ3) is 6.40. The van der Waals surface area contributed by atoms with Crippen molar-refractivity contribution in [3.05, 3.63) is 120 Å². The number of hydrogen-bond acceptors (Lipinski definition) is 4. The smallest absolute Gasteiger partial charge is 0.318 e. The maximum atomic E-state index is 13.3. The maximum absolute atomic E-state index is 13.3. The van der Waals surface area contributed by atoms with Crippen molar-refractivity contribution in [3.63, 3.8) is 0 Å². The third-order valence-corrected chi connectivity index (χ3v) is 6.52. The van der Waals surface area contributed by atoms with E-state index in [2.05, 4.69) is 10.6 Å². The zero-order valence-corrected chi connectivity index (χ0v) is 24.4. The molecule has 5 nitrogen and oxygen atoms in total. The van der Waals surface area contributed by atoms with Crippen LogP contribution in [-0.4, -0.2) is 22.1 Å². The molecular formula is C32H29N2O3Y-. The quantitative estimate of drug-likeness (QED) is 0.134. The van der Waals surface area contributed by atoms with Gasteiger partial charge in [-0.05, 0) is 30.5 Å². The Bertz CT molecular complexity index is 1490. The van der Waals surface area contributed by atoms with Gasteiger partial charge in [-0.1, -0.05) is 67.6 Å². The number of nitrogens with zero attached hydrogens (tertiary/aromatic N) is 2. The summed E-state index contributed by atoms with van der Waals surface area (Å²) >= 11 is 0. The van der Waals surface area contributed by atoms with Crippen molar-refractivity contribution in [1.82, 2.24) is 9.55 Å². The zero-order chi connectivity index (χ0) is 25.6. The minimum Gasteiger partial charge on any atom is -0.517 e. The Labute approximate surface area is 248 Å². The molecule has 0 spiro atoms. The van der Waals surface area contributed by atoms with E-state index < -0.39 is 0 Å². The summed E-state index contributed by atoms with van der Waals surface area (Å²) in [6.45, 7) is 5.07. The van der Waals surface area contributed by atoms with Crippen LogP contribution < -0.4 is 4.74 Å². The van der Waals surface area contributed by atoms with E-state index in [-0.39, 0.29) is 50.5 Å². The Kier molecular flexibility index (Phi) is 9.49. The van der Waals surface area contributed by atoms with Crippen molar-refractivity contribution in [3.8, 4) is 5.75 Å². The number of carbonyl (C=O) groups excluding carboxylic acids is 1. The predicted octanol–water partition coefficient (Wildman–Crippen LogP) is 6.64. The van der Waals surface area contributed by atoms with Crippen LogP contribution in [-0.2, 0) is 48.8 Å². The molecule has 0 bridgehead atoms. The number of esters is 1. The van der Waals surface area contributed by atoms with Crippen molar-refractivity contribution in [2.75, 3.05) is 6.61 Å². The summed E-state index contributed by atoms with van der Waals surface area (Å²) in [5.74, 6) is 1.41. The van der Waals surface area contributed by atoms with Crippen molar-refractivity contribution >= 4 is 28.8 Å². The SMILES string of the molecule is Cc1ccccc1/C(=C\c1nc2ccccc2n1CCOc1cc[c-]cc1)OC(=O)C1C=CC=CC1C.[Y]. The average Bonchev–Trinajstić information content (AvgIpc) is 3.26. The van der Waals surface area contributed by atoms with E-state index in [9.17, 15) is 4.79 Å². The number of para-hydroxylation sites is 2. The van der Waals surface area contributed by atoms with Crippen LogP contribution in [0.1, 0.15) is 23.9 Å². The van der Waals surface area contributed by atoms with E-state index in [1.807, 2.05) is 117 Å². The summed E-state index contributed by atoms with van der Waals surface area (Å²) in [6.07, 6.45) is 9.65. The van der Waals surface area contributed by atoms with Crippen molar-refractivity contribution in [2.45, 2.75) is 20.4 Å². The summed E-state index contributed by atoms with van der Waals surface area (Å²) in [4.78, 5) is 18.2. The number of imidazole rings is 1. The number of allylic oxidation sites excluding steroid dienone is 3. The van der Waals surface area contributed by atoms with Crippen molar-refractivity contribution in [2.24, 2.45) is 11.8 Å². The van der Waals surface area contributed by atoms with Crippen molar-refractivity contribution < 1.29 is 47.0 Å². The summed E-state index contributed by atoms with van der Waals surface area (Å²) in [6, 6.07) is 26.3. The second-order valence-corrected chi connectivity index (χ2v) is 9.09. The molecule has 0 amide bonds. The van der Waals surface area contributed by atoms with E-state index >= 15 is 0 Å². The van der Waals surface area contributed by atoms with Gasteiger partial charge >= 0.3 is 5.97 Å². The standard InChI is InChI=1S/C32H29N2O3.Y/c1-23-12-6-8-16-26(23)30(37-32(35)27-17-9-7-13-24(27)2)22-31-33-28-18-10-11-19-29(28)34(31)20-21-36-25-14-4-3-5-15-25;/h4-19,22,24,27H,20-21H2,1-2H3;/q-1;/b30-22+;. The number of aromatic nitrogens is 2. The van der Waals surface area contributed by atoms with Gasteiger partial charge < -0.3 is 14.0 Å². The van der Waals surface area contributed by atoms with Crippen molar-refractivity contribution in [1.29, 1.82) is 0 Å². The first kappa shape index (κ1) is 27.8. The molecule has 0 saturated heterocycles. The number of ether oxygens (including phenoxy) is 2. The van der Waals surface area contributed by atoms with E-state index in [4.69, 9.17) is 14.5 Å². The molecule has 189 valence electrons. The van der Waals surface area contributed by atoms with Crippen LogP contribution in [0.5, 0.6) is 5.75 Å². The molecular weight excluding hydrogens is 549 g/mol. The van der Waals surface area contributed by atoms with E-state index in [1.54, 1.807) is 0 Å². The van der Waals surface area contributed by atoms with Gasteiger partial charge in [0, 0.05) is 50.1 Å². The van der Waals surface area contributed by atoms with E-state index in [0.29, 0.717) is 24.7 Å². The summed E-state index contributed by atoms with van der Waals surface area (Å²) < 4.78 is 14.2. The zero-order valence-electron chi connectivity index (χ0n) is 21.6. The van der Waals surface area contributed by atoms with Crippen LogP contribution >= 0.6 is 0 Å². The Hall–Kier alpha value is -3.28. The van der Waals surface area contributed by atoms with Gasteiger partial charge in [0.15, 0.2) is 0 Å². The Morgan fingerprint density at radius 2 is 1.76 bits per heavy atom. The van der Waals surface area contributed by atoms with Crippen LogP contribution in [0.15, 0.2) is 97.1 Å². The number of rotatable bonds is 8. The fraction of sp³-hybridized carbons (Fsp3) is 0.188. The Morgan fingerprint density at radius 1 is 1.03 bits per heavy atom. The number of hydrogen-bond donors (Lipinski definition) is 0. The van der Waals surface area contributed by atoms with Crippen LogP contribution in [0.3, 0.4) is 0 Å². The van der Waals surface area contributed by atoms with Crippen LogP contribution in [0.4, 0.5) is 0 Å². The molecule has 0 fully saturated rings. The predicted molar refractivity (Wildman–Crippen MR) is 147 cm³/mol. The fourth-order valence-electron chi connectivity index (χ4n) is 4.48. The molecule has 2 atom stereocenters. The molecule has 1 aromatic heterocycles. The summed E-state index contributed by atoms with van der Waals surface area (Å²) in [5.41, 5.74) is 3.73. The molecule has 1 heterocycles. The van der Waals surface area contributed by atoms with E-state index in [1.165, 1.54) is 0 Å². The Balaban J connectivity index is 0.00000336. The number of fused-ring (bicyclic) bond motifs is 1. The molecule has 6 heteroatoms. The first-order valence-corrected chi connectivity index (χ1v) is 12.5. The van der Waals surface area contributed by atoms with Crippen LogP contribution in [0.25, 0.3) is 22.9 Å². The fourth-order valence-corrected chi connectivity index (χ4v) is 4.48. The molecule has 2 unspecified atom stereocenters. The van der Waals surface area contributed by atoms with Crippen LogP contribution in [0.2, 0.25) is 0 Å². The second kappa shape index (κ2) is 13.0. The largest absolute Gasteiger partial charge is 0.517 e. The molecule has 1 aliphatic rings. The summed E-state index contributed by atoms with van der Waals surface area (Å²) in [7, 11) is 0. The number of benzene rings is 3. The molecule has 0 saturated carbocycles. The minimum absolute atomic E-state index is 0. The minimum atomic E-state index is -0.340. The summed E-state index contributed by atoms with van der Waals surface area (Å²) in [5, 5.41) is 0. The van der Waals surface area contributed by atoms with Crippen LogP contribution in [0, 0.1) is 24.8 Å².